The van der Waals surface area contributed by atoms with Crippen molar-refractivity contribution >= 4 is 51.5 Å². The zero-order valence-electron chi connectivity index (χ0n) is 20.7. The van der Waals surface area contributed by atoms with E-state index < -0.39 is 11.6 Å². The second kappa shape index (κ2) is 10.8. The number of nitrogens with zero attached hydrogens (tertiary/aromatic N) is 5. The molecule has 5 aromatic rings. The molecule has 1 amide bonds. The van der Waals surface area contributed by atoms with Gasteiger partial charge >= 0.3 is 0 Å². The van der Waals surface area contributed by atoms with Gasteiger partial charge in [-0.1, -0.05) is 53.5 Å². The minimum absolute atomic E-state index is 0.266. The summed E-state index contributed by atoms with van der Waals surface area (Å²) in [5, 5.41) is 12.9. The fourth-order valence-corrected chi connectivity index (χ4v) is 4.78. The van der Waals surface area contributed by atoms with Crippen LogP contribution in [0.15, 0.2) is 95.5 Å². The van der Waals surface area contributed by atoms with E-state index in [1.165, 1.54) is 17.0 Å². The number of nitrogens with one attached hydrogen (secondary N) is 4. The van der Waals surface area contributed by atoms with Gasteiger partial charge in [-0.3, -0.25) is 29.7 Å². The molecule has 3 aromatic heterocycles. The maximum atomic E-state index is 13.7. The summed E-state index contributed by atoms with van der Waals surface area (Å²) in [5.41, 5.74) is 8.89. The fourth-order valence-electron chi connectivity index (χ4n) is 4.47. The van der Waals surface area contributed by atoms with Crippen molar-refractivity contribution in [2.45, 2.75) is 12.5 Å². The normalized spacial score (nSPS) is 13.7. The smallest absolute Gasteiger partial charge is 0.254 e. The maximum Gasteiger partial charge on any atom is 0.254 e. The number of carbonyl (C=O) groups excluding carboxylic acids is 1. The second-order valence-corrected chi connectivity index (χ2v) is 9.79. The molecule has 4 heterocycles. The number of halogens is 2. The summed E-state index contributed by atoms with van der Waals surface area (Å²) >= 11 is 12.3. The van der Waals surface area contributed by atoms with Gasteiger partial charge in [0.2, 0.25) is 5.91 Å². The number of rotatable bonds is 7. The highest BCUT2D eigenvalue weighted by atomic mass is 35.5. The van der Waals surface area contributed by atoms with Crippen molar-refractivity contribution in [2.24, 2.45) is 0 Å². The lowest BCUT2D eigenvalue weighted by Gasteiger charge is -2.21. The number of fused-ring (bicyclic) bond motifs is 1. The molecule has 0 saturated carbocycles. The Morgan fingerprint density at radius 1 is 1.05 bits per heavy atom. The van der Waals surface area contributed by atoms with Crippen molar-refractivity contribution in [2.75, 3.05) is 10.3 Å². The van der Waals surface area contributed by atoms with Crippen LogP contribution in [0.5, 0.6) is 0 Å². The molecule has 6 rings (SSSR count). The summed E-state index contributed by atoms with van der Waals surface area (Å²) in [6.07, 6.45) is 6.45. The monoisotopic (exact) mass is 573 g/mol. The summed E-state index contributed by atoms with van der Waals surface area (Å²) in [7, 11) is 0. The Labute approximate surface area is 237 Å². The number of hydrazine groups is 2. The molecule has 0 spiro atoms. The van der Waals surface area contributed by atoms with Gasteiger partial charge in [-0.05, 0) is 29.8 Å². The van der Waals surface area contributed by atoms with Crippen LogP contribution in [0, 0.1) is 0 Å². The van der Waals surface area contributed by atoms with E-state index in [1.54, 1.807) is 47.9 Å². The zero-order valence-corrected chi connectivity index (χ0v) is 22.2. The third-order valence-electron chi connectivity index (χ3n) is 6.39. The highest BCUT2D eigenvalue weighted by Crippen LogP contribution is 2.32. The molecule has 4 N–H and O–H groups in total. The lowest BCUT2D eigenvalue weighted by atomic mass is 10.0. The van der Waals surface area contributed by atoms with Crippen LogP contribution >= 0.6 is 23.2 Å². The summed E-state index contributed by atoms with van der Waals surface area (Å²) in [4.78, 5) is 36.0. The van der Waals surface area contributed by atoms with Gasteiger partial charge in [0.15, 0.2) is 5.65 Å². The van der Waals surface area contributed by atoms with Gasteiger partial charge in [0, 0.05) is 29.3 Å². The maximum absolute atomic E-state index is 13.7. The molecule has 200 valence electrons. The third-order valence-corrected chi connectivity index (χ3v) is 6.82. The third kappa shape index (κ3) is 5.13. The molecule has 0 unspecified atom stereocenters. The van der Waals surface area contributed by atoms with Gasteiger partial charge in [0.25, 0.3) is 5.56 Å². The molecule has 0 fully saturated rings. The standard InChI is InChI=1S/C27H21Cl2N9O2/c28-17-6-7-22(38-14-24(29)34-36-38)18(11-17)21-12-25(39)37(15-31-21)23(10-16-4-2-1-3-5-16)27(40)33-20-8-9-30-26-19(20)13-32-35-26/h1-9,11-15,23,34,36H,10H2,(H2,30,32,33,35,40)/t23-/m0/s1. The van der Waals surface area contributed by atoms with Crippen LogP contribution in [-0.4, -0.2) is 30.6 Å². The second-order valence-electron chi connectivity index (χ2n) is 8.95. The number of aromatic amines is 1. The van der Waals surface area contributed by atoms with Gasteiger partial charge in [0.1, 0.15) is 11.2 Å². The Morgan fingerprint density at radius 3 is 2.67 bits per heavy atom. The average molecular weight is 574 g/mol. The summed E-state index contributed by atoms with van der Waals surface area (Å²) in [5.74, 6) is -0.384. The predicted molar refractivity (Wildman–Crippen MR) is 153 cm³/mol. The molecule has 0 radical (unpaired) electrons. The Hall–Kier alpha value is -4.71. The zero-order chi connectivity index (χ0) is 27.6. The number of hydrogen-bond acceptors (Lipinski definition) is 8. The molecule has 2 aromatic carbocycles. The van der Waals surface area contributed by atoms with Crippen molar-refractivity contribution in [1.29, 1.82) is 0 Å². The summed E-state index contributed by atoms with van der Waals surface area (Å²) in [6, 6.07) is 16.9. The van der Waals surface area contributed by atoms with Crippen LogP contribution in [0.4, 0.5) is 11.4 Å². The molecular formula is C27H21Cl2N9O2. The van der Waals surface area contributed by atoms with Gasteiger partial charge in [-0.15, -0.1) is 5.53 Å². The number of H-pyrrole nitrogens is 1. The van der Waals surface area contributed by atoms with E-state index >= 15 is 0 Å². The first kappa shape index (κ1) is 25.6. The average Bonchev–Trinajstić information content (AvgIpc) is 3.62. The lowest BCUT2D eigenvalue weighted by molar-refractivity contribution is -0.119. The van der Waals surface area contributed by atoms with Crippen LogP contribution in [0.25, 0.3) is 22.3 Å². The highest BCUT2D eigenvalue weighted by molar-refractivity contribution is 6.31. The van der Waals surface area contributed by atoms with Crippen LogP contribution in [0.3, 0.4) is 0 Å². The molecule has 0 saturated heterocycles. The molecule has 13 heteroatoms. The fraction of sp³-hybridized carbons (Fsp3) is 0.0741. The molecule has 1 aliphatic heterocycles. The molecule has 11 nitrogen and oxygen atoms in total. The van der Waals surface area contributed by atoms with Crippen molar-refractivity contribution in [1.82, 2.24) is 35.7 Å². The Morgan fingerprint density at radius 2 is 1.90 bits per heavy atom. The lowest BCUT2D eigenvalue weighted by Crippen LogP contribution is -2.36. The van der Waals surface area contributed by atoms with Crippen molar-refractivity contribution < 1.29 is 4.79 Å². The predicted octanol–water partition coefficient (Wildman–Crippen LogP) is 4.12. The number of carbonyl (C=O) groups is 1. The first-order chi connectivity index (χ1) is 19.5. The topological polar surface area (TPSA) is 133 Å². The Balaban J connectivity index is 1.37. The highest BCUT2D eigenvalue weighted by Gasteiger charge is 2.25. The molecule has 1 aliphatic rings. The summed E-state index contributed by atoms with van der Waals surface area (Å²) in [6.45, 7) is 0. The first-order valence-electron chi connectivity index (χ1n) is 12.2. The van der Waals surface area contributed by atoms with Gasteiger partial charge < -0.3 is 5.32 Å². The Kier molecular flexibility index (Phi) is 6.91. The van der Waals surface area contributed by atoms with Crippen molar-refractivity contribution in [3.63, 3.8) is 0 Å². The van der Waals surface area contributed by atoms with E-state index in [1.807, 2.05) is 30.3 Å². The van der Waals surface area contributed by atoms with Crippen LogP contribution in [0.1, 0.15) is 11.6 Å². The summed E-state index contributed by atoms with van der Waals surface area (Å²) < 4.78 is 1.33. The molecule has 40 heavy (non-hydrogen) atoms. The Bertz CT molecular complexity index is 1800. The number of pyridine rings is 1. The number of hydrogen-bond donors (Lipinski definition) is 4. The quantitative estimate of drug-likeness (QED) is 0.214. The van der Waals surface area contributed by atoms with Gasteiger partial charge in [0.05, 0.1) is 41.2 Å². The molecule has 1 atom stereocenters. The minimum Gasteiger partial charge on any atom is -0.323 e. The van der Waals surface area contributed by atoms with E-state index in [0.29, 0.717) is 43.8 Å². The van der Waals surface area contributed by atoms with Crippen LogP contribution in [0.2, 0.25) is 5.02 Å². The van der Waals surface area contributed by atoms with Gasteiger partial charge in [-0.25, -0.2) is 9.97 Å². The van der Waals surface area contributed by atoms with E-state index in [0.717, 1.165) is 5.56 Å². The number of benzene rings is 2. The SMILES string of the molecule is O=C(Nc1ccnc2[nH]ncc12)[C@H](Cc1ccccc1)n1cnc(-c2cc(Cl)ccc2N2C=C(Cl)NN2)cc1=O. The molecule has 0 bridgehead atoms. The van der Waals surface area contributed by atoms with Crippen LogP contribution in [-0.2, 0) is 11.2 Å². The van der Waals surface area contributed by atoms with E-state index in [4.69, 9.17) is 23.2 Å². The molecule has 0 aliphatic carbocycles. The minimum atomic E-state index is -0.892. The largest absolute Gasteiger partial charge is 0.323 e. The molecular weight excluding hydrogens is 553 g/mol. The van der Waals surface area contributed by atoms with Crippen LogP contribution < -0.4 is 26.8 Å². The number of aromatic nitrogens is 5. The van der Waals surface area contributed by atoms with Gasteiger partial charge in [-0.2, -0.15) is 5.10 Å². The number of anilines is 2. The van der Waals surface area contributed by atoms with E-state index in [-0.39, 0.29) is 12.3 Å². The van der Waals surface area contributed by atoms with E-state index in [2.05, 4.69) is 36.4 Å². The van der Waals surface area contributed by atoms with Crippen molar-refractivity contribution in [3.05, 3.63) is 112 Å². The van der Waals surface area contributed by atoms with Crippen molar-refractivity contribution in [3.8, 4) is 11.3 Å². The van der Waals surface area contributed by atoms with E-state index in [9.17, 15) is 9.59 Å². The number of amides is 1. The first-order valence-corrected chi connectivity index (χ1v) is 12.9.